The zero-order valence-electron chi connectivity index (χ0n) is 14.6. The number of rotatable bonds is 4. The van der Waals surface area contributed by atoms with E-state index in [1.54, 1.807) is 6.92 Å². The summed E-state index contributed by atoms with van der Waals surface area (Å²) in [5, 5.41) is 2.91. The fraction of sp³-hybridized carbons (Fsp3) is 0.474. The number of aryl methyl sites for hydroxylation is 1. The van der Waals surface area contributed by atoms with E-state index in [0.29, 0.717) is 17.3 Å². The summed E-state index contributed by atoms with van der Waals surface area (Å²) in [6.45, 7) is 7.99. The lowest BCUT2D eigenvalue weighted by Crippen LogP contribution is -2.29. The predicted molar refractivity (Wildman–Crippen MR) is 95.8 cm³/mol. The molecule has 5 heteroatoms. The molecule has 0 saturated carbocycles. The number of aromatic nitrogens is 1. The van der Waals surface area contributed by atoms with Crippen LogP contribution in [0, 0.1) is 6.92 Å². The highest BCUT2D eigenvalue weighted by atomic mass is 16.4. The molecule has 1 saturated heterocycles. The Labute approximate surface area is 143 Å². The lowest BCUT2D eigenvalue weighted by Gasteiger charge is -2.28. The minimum Gasteiger partial charge on any atom is -0.436 e. The second-order valence-electron chi connectivity index (χ2n) is 6.65. The van der Waals surface area contributed by atoms with Gasteiger partial charge in [-0.05, 0) is 49.4 Å². The van der Waals surface area contributed by atoms with Gasteiger partial charge in [-0.2, -0.15) is 0 Å². The Morgan fingerprint density at radius 3 is 2.46 bits per heavy atom. The van der Waals surface area contributed by atoms with E-state index in [1.807, 2.05) is 26.0 Å². The largest absolute Gasteiger partial charge is 0.436 e. The molecule has 1 aliphatic heterocycles. The van der Waals surface area contributed by atoms with Crippen molar-refractivity contribution in [2.75, 3.05) is 23.3 Å². The fourth-order valence-corrected chi connectivity index (χ4v) is 3.09. The highest BCUT2D eigenvalue weighted by Crippen LogP contribution is 2.24. The first-order valence-electron chi connectivity index (χ1n) is 8.68. The normalized spacial score (nSPS) is 14.9. The number of nitrogens with one attached hydrogen (secondary N) is 1. The van der Waals surface area contributed by atoms with Gasteiger partial charge in [-0.3, -0.25) is 4.79 Å². The number of amides is 1. The van der Waals surface area contributed by atoms with Crippen molar-refractivity contribution < 1.29 is 9.21 Å². The third-order valence-corrected chi connectivity index (χ3v) is 4.36. The molecule has 1 aromatic heterocycles. The molecule has 2 heterocycles. The van der Waals surface area contributed by atoms with Crippen LogP contribution in [-0.2, 0) is 0 Å². The molecule has 1 aromatic carbocycles. The first-order chi connectivity index (χ1) is 11.5. The molecule has 128 valence electrons. The summed E-state index contributed by atoms with van der Waals surface area (Å²) in [6, 6.07) is 8.02. The van der Waals surface area contributed by atoms with E-state index in [4.69, 9.17) is 4.42 Å². The summed E-state index contributed by atoms with van der Waals surface area (Å²) in [5.41, 5.74) is 2.69. The van der Waals surface area contributed by atoms with Crippen LogP contribution < -0.4 is 10.2 Å². The van der Waals surface area contributed by atoms with Crippen LogP contribution in [0.5, 0.6) is 0 Å². The molecule has 5 nitrogen and oxygen atoms in total. The summed E-state index contributed by atoms with van der Waals surface area (Å²) >= 11 is 0. The van der Waals surface area contributed by atoms with Crippen LogP contribution in [-0.4, -0.2) is 24.0 Å². The number of nitrogens with zero attached hydrogens (tertiary/aromatic N) is 2. The molecule has 24 heavy (non-hydrogen) atoms. The van der Waals surface area contributed by atoms with Gasteiger partial charge < -0.3 is 14.6 Å². The summed E-state index contributed by atoms with van der Waals surface area (Å²) < 4.78 is 5.50. The third-order valence-electron chi connectivity index (χ3n) is 4.36. The number of anilines is 2. The smallest absolute Gasteiger partial charge is 0.293 e. The maximum absolute atomic E-state index is 12.5. The Bertz CT molecular complexity index is 698. The van der Waals surface area contributed by atoms with Crippen molar-refractivity contribution in [2.24, 2.45) is 0 Å². The highest BCUT2D eigenvalue weighted by molar-refractivity contribution is 6.03. The van der Waals surface area contributed by atoms with Crippen molar-refractivity contribution in [3.8, 4) is 0 Å². The van der Waals surface area contributed by atoms with Gasteiger partial charge in [-0.15, -0.1) is 0 Å². The van der Waals surface area contributed by atoms with Gasteiger partial charge in [0, 0.05) is 31.4 Å². The molecule has 2 aromatic rings. The molecule has 0 atom stereocenters. The molecule has 0 bridgehead atoms. The second kappa shape index (κ2) is 7.07. The monoisotopic (exact) mass is 327 g/mol. The molecule has 0 unspecified atom stereocenters. The van der Waals surface area contributed by atoms with Crippen LogP contribution in [0.25, 0.3) is 0 Å². The molecule has 3 rings (SSSR count). The van der Waals surface area contributed by atoms with E-state index in [9.17, 15) is 4.79 Å². The van der Waals surface area contributed by atoms with Crippen molar-refractivity contribution in [3.63, 3.8) is 0 Å². The van der Waals surface area contributed by atoms with Crippen LogP contribution in [0.15, 0.2) is 28.7 Å². The number of carbonyl (C=O) groups is 1. The molecule has 1 amide bonds. The average Bonchev–Trinajstić information content (AvgIpc) is 2.99. The Kier molecular flexibility index (Phi) is 4.88. The lowest BCUT2D eigenvalue weighted by atomic mass is 10.1. The molecule has 1 N–H and O–H groups in total. The minimum atomic E-state index is -0.245. The summed E-state index contributed by atoms with van der Waals surface area (Å²) in [7, 11) is 0. The number of oxazole rings is 1. The van der Waals surface area contributed by atoms with Crippen LogP contribution >= 0.6 is 0 Å². The number of piperidine rings is 1. The molecular weight excluding hydrogens is 302 g/mol. The second-order valence-corrected chi connectivity index (χ2v) is 6.65. The first-order valence-corrected chi connectivity index (χ1v) is 8.68. The SMILES string of the molecule is Cc1nc(C(C)C)c(C(=O)Nc2ccc(N3CCCCC3)cc2)o1. The van der Waals surface area contributed by atoms with Gasteiger partial charge >= 0.3 is 0 Å². The molecule has 1 aliphatic rings. The van der Waals surface area contributed by atoms with Crippen molar-refractivity contribution in [2.45, 2.75) is 46.0 Å². The minimum absolute atomic E-state index is 0.143. The standard InChI is InChI=1S/C19H25N3O2/c1-13(2)17-18(24-14(3)20-17)19(23)21-15-7-9-16(10-8-15)22-11-5-4-6-12-22/h7-10,13H,4-6,11-12H2,1-3H3,(H,21,23). The van der Waals surface area contributed by atoms with Gasteiger partial charge in [-0.1, -0.05) is 13.8 Å². The van der Waals surface area contributed by atoms with Crippen LogP contribution in [0.3, 0.4) is 0 Å². The summed E-state index contributed by atoms with van der Waals surface area (Å²) in [4.78, 5) is 19.2. The maximum Gasteiger partial charge on any atom is 0.293 e. The molecule has 0 radical (unpaired) electrons. The van der Waals surface area contributed by atoms with Gasteiger partial charge in [-0.25, -0.2) is 4.98 Å². The van der Waals surface area contributed by atoms with Gasteiger partial charge in [0.2, 0.25) is 5.76 Å². The van der Waals surface area contributed by atoms with E-state index >= 15 is 0 Å². The van der Waals surface area contributed by atoms with Gasteiger partial charge in [0.15, 0.2) is 5.89 Å². The zero-order chi connectivity index (χ0) is 17.1. The topological polar surface area (TPSA) is 58.4 Å². The van der Waals surface area contributed by atoms with E-state index in [-0.39, 0.29) is 11.8 Å². The van der Waals surface area contributed by atoms with Crippen LogP contribution in [0.2, 0.25) is 0 Å². The van der Waals surface area contributed by atoms with Gasteiger partial charge in [0.25, 0.3) is 5.91 Å². The lowest BCUT2D eigenvalue weighted by molar-refractivity contribution is 0.0993. The quantitative estimate of drug-likeness (QED) is 0.907. The van der Waals surface area contributed by atoms with E-state index in [0.717, 1.165) is 18.8 Å². The van der Waals surface area contributed by atoms with Crippen molar-refractivity contribution in [3.05, 3.63) is 41.6 Å². The van der Waals surface area contributed by atoms with Gasteiger partial charge in [0.1, 0.15) is 0 Å². The molecule has 0 aliphatic carbocycles. The number of benzene rings is 1. The summed E-state index contributed by atoms with van der Waals surface area (Å²) in [5.74, 6) is 0.724. The molecular formula is C19H25N3O2. The van der Waals surface area contributed by atoms with E-state index in [2.05, 4.69) is 27.3 Å². The van der Waals surface area contributed by atoms with E-state index in [1.165, 1.54) is 24.9 Å². The van der Waals surface area contributed by atoms with Crippen LogP contribution in [0.4, 0.5) is 11.4 Å². The highest BCUT2D eigenvalue weighted by Gasteiger charge is 2.21. The fourth-order valence-electron chi connectivity index (χ4n) is 3.09. The number of carbonyl (C=O) groups excluding carboxylic acids is 1. The zero-order valence-corrected chi connectivity index (χ0v) is 14.6. The number of hydrogen-bond acceptors (Lipinski definition) is 4. The maximum atomic E-state index is 12.5. The van der Waals surface area contributed by atoms with Crippen molar-refractivity contribution in [1.82, 2.24) is 4.98 Å². The van der Waals surface area contributed by atoms with Crippen molar-refractivity contribution >= 4 is 17.3 Å². The molecule has 0 spiro atoms. The Morgan fingerprint density at radius 2 is 1.83 bits per heavy atom. The number of hydrogen-bond donors (Lipinski definition) is 1. The van der Waals surface area contributed by atoms with E-state index < -0.39 is 0 Å². The Morgan fingerprint density at radius 1 is 1.17 bits per heavy atom. The summed E-state index contributed by atoms with van der Waals surface area (Å²) in [6.07, 6.45) is 3.82. The van der Waals surface area contributed by atoms with Crippen LogP contribution in [0.1, 0.15) is 61.2 Å². The Hall–Kier alpha value is -2.30. The first kappa shape index (κ1) is 16.6. The van der Waals surface area contributed by atoms with Gasteiger partial charge in [0.05, 0.1) is 5.69 Å². The predicted octanol–water partition coefficient (Wildman–Crippen LogP) is 4.35. The van der Waals surface area contributed by atoms with Crippen molar-refractivity contribution in [1.29, 1.82) is 0 Å². The Balaban J connectivity index is 1.70. The third kappa shape index (κ3) is 3.61. The molecule has 1 fully saturated rings. The average molecular weight is 327 g/mol.